The molecule has 6 rings (SSSR count). The van der Waals surface area contributed by atoms with Gasteiger partial charge in [0.15, 0.2) is 29.9 Å². The summed E-state index contributed by atoms with van der Waals surface area (Å²) in [4.78, 5) is 38.1. The summed E-state index contributed by atoms with van der Waals surface area (Å²) in [5.74, 6) is 1.63. The maximum atomic E-state index is 13.3. The van der Waals surface area contributed by atoms with Crippen molar-refractivity contribution < 1.29 is 28.4 Å². The Hall–Kier alpha value is -4.61. The number of hydrogen-bond acceptors (Lipinski definition) is 10. The second-order valence-electron chi connectivity index (χ2n) is 13.0. The summed E-state index contributed by atoms with van der Waals surface area (Å²) in [5, 5.41) is 9.71. The summed E-state index contributed by atoms with van der Waals surface area (Å²) in [6, 6.07) is 6.63. The first-order valence-corrected chi connectivity index (χ1v) is 16.2. The molecule has 0 unspecified atom stereocenters. The van der Waals surface area contributed by atoms with Crippen LogP contribution in [0.2, 0.25) is 0 Å². The fourth-order valence-electron chi connectivity index (χ4n) is 6.22. The lowest BCUT2D eigenvalue weighted by atomic mass is 10.0. The standard InChI is InChI=1S/C34H43N7O5/c1-5-25-30(36-18-26(33(43)46-34(2,3)4)39-32(42)23-8-9-28-29(17-23)45-21-44-28)37-20-38-31(25)40-15-11-24(12-16-40)41-14-10-22-7-6-13-35-27(22)19-41/h8-10,14,17,19-20,24,26,35H,5-7,11-13,15-16,18,21H2,1-4H3,(H-,36,37,38,39,42)/p+1/t26-/m0/s1. The van der Waals surface area contributed by atoms with Gasteiger partial charge in [0.2, 0.25) is 6.79 Å². The number of ether oxygens (including phenoxy) is 3. The van der Waals surface area contributed by atoms with E-state index in [1.54, 1.807) is 45.3 Å². The Labute approximate surface area is 269 Å². The van der Waals surface area contributed by atoms with E-state index in [9.17, 15) is 9.59 Å². The number of fused-ring (bicyclic) bond motifs is 2. The fourth-order valence-corrected chi connectivity index (χ4v) is 6.22. The molecule has 244 valence electrons. The van der Waals surface area contributed by atoms with Gasteiger partial charge in [-0.1, -0.05) is 6.92 Å². The Balaban J connectivity index is 1.14. The summed E-state index contributed by atoms with van der Waals surface area (Å²) in [6.45, 7) is 10.4. The van der Waals surface area contributed by atoms with Crippen LogP contribution in [0.1, 0.15) is 74.5 Å². The van der Waals surface area contributed by atoms with Gasteiger partial charge in [-0.2, -0.15) is 0 Å². The monoisotopic (exact) mass is 630 g/mol. The first-order chi connectivity index (χ1) is 22.2. The third-order valence-electron chi connectivity index (χ3n) is 8.58. The zero-order valence-electron chi connectivity index (χ0n) is 27.1. The topological polar surface area (TPSA) is 131 Å². The van der Waals surface area contributed by atoms with Crippen LogP contribution in [-0.4, -0.2) is 66.5 Å². The Morgan fingerprint density at radius 2 is 1.96 bits per heavy atom. The second kappa shape index (κ2) is 13.4. The molecule has 0 saturated carbocycles. The van der Waals surface area contributed by atoms with Gasteiger partial charge in [-0.15, -0.1) is 0 Å². The maximum absolute atomic E-state index is 13.3. The highest BCUT2D eigenvalue weighted by Gasteiger charge is 2.31. The Morgan fingerprint density at radius 3 is 2.74 bits per heavy atom. The Bertz CT molecular complexity index is 1580. The summed E-state index contributed by atoms with van der Waals surface area (Å²) in [6.07, 6.45) is 11.1. The summed E-state index contributed by atoms with van der Waals surface area (Å²) < 4.78 is 18.8. The Morgan fingerprint density at radius 1 is 1.15 bits per heavy atom. The average Bonchev–Trinajstić information content (AvgIpc) is 3.53. The highest BCUT2D eigenvalue weighted by atomic mass is 16.7. The predicted octanol–water partition coefficient (Wildman–Crippen LogP) is 3.81. The molecule has 1 fully saturated rings. The van der Waals surface area contributed by atoms with E-state index in [0.717, 1.165) is 50.3 Å². The molecular formula is C34H44N7O5+. The minimum absolute atomic E-state index is 0.0831. The number of piperidine rings is 1. The number of hydrogen-bond donors (Lipinski definition) is 3. The van der Waals surface area contributed by atoms with Gasteiger partial charge < -0.3 is 35.1 Å². The van der Waals surface area contributed by atoms with E-state index in [0.29, 0.717) is 35.3 Å². The van der Waals surface area contributed by atoms with Gasteiger partial charge in [-0.05, 0) is 63.8 Å². The first-order valence-electron chi connectivity index (χ1n) is 16.2. The number of benzene rings is 1. The molecule has 0 spiro atoms. The van der Waals surface area contributed by atoms with E-state index in [1.165, 1.54) is 17.7 Å². The summed E-state index contributed by atoms with van der Waals surface area (Å²) in [7, 11) is 0. The molecule has 0 radical (unpaired) electrons. The van der Waals surface area contributed by atoms with Crippen molar-refractivity contribution in [2.75, 3.05) is 48.5 Å². The van der Waals surface area contributed by atoms with E-state index in [-0.39, 0.29) is 13.3 Å². The van der Waals surface area contributed by atoms with Crippen LogP contribution in [0.5, 0.6) is 11.5 Å². The highest BCUT2D eigenvalue weighted by Crippen LogP contribution is 2.33. The molecule has 1 atom stereocenters. The van der Waals surface area contributed by atoms with Crippen molar-refractivity contribution in [3.05, 3.63) is 59.7 Å². The molecule has 1 aromatic carbocycles. The fraction of sp³-hybridized carbons (Fsp3) is 0.500. The minimum atomic E-state index is -0.973. The predicted molar refractivity (Wildman–Crippen MR) is 173 cm³/mol. The zero-order chi connectivity index (χ0) is 32.3. The molecule has 2 aromatic heterocycles. The third kappa shape index (κ3) is 7.11. The molecule has 1 saturated heterocycles. The van der Waals surface area contributed by atoms with Crippen LogP contribution < -0.4 is 34.9 Å². The van der Waals surface area contributed by atoms with Crippen LogP contribution >= 0.6 is 0 Å². The molecule has 0 bridgehead atoms. The van der Waals surface area contributed by atoms with Crippen molar-refractivity contribution >= 4 is 29.2 Å². The quantitative estimate of drug-likeness (QED) is 0.237. The summed E-state index contributed by atoms with van der Waals surface area (Å²) >= 11 is 0. The molecule has 3 N–H and O–H groups in total. The van der Waals surface area contributed by atoms with Crippen molar-refractivity contribution in [2.24, 2.45) is 0 Å². The largest absolute Gasteiger partial charge is 0.458 e. The number of pyridine rings is 1. The lowest BCUT2D eigenvalue weighted by molar-refractivity contribution is -0.724. The first kappa shape index (κ1) is 31.4. The molecule has 12 nitrogen and oxygen atoms in total. The van der Waals surface area contributed by atoms with Gasteiger partial charge in [-0.3, -0.25) is 4.79 Å². The lowest BCUT2D eigenvalue weighted by Gasteiger charge is -2.32. The van der Waals surface area contributed by atoms with E-state index >= 15 is 0 Å². The number of nitrogens with zero attached hydrogens (tertiary/aromatic N) is 4. The van der Waals surface area contributed by atoms with Crippen LogP contribution in [0.4, 0.5) is 17.3 Å². The van der Waals surface area contributed by atoms with Crippen LogP contribution in [-0.2, 0) is 22.4 Å². The molecular weight excluding hydrogens is 586 g/mol. The number of esters is 1. The van der Waals surface area contributed by atoms with Gasteiger partial charge in [0.25, 0.3) is 5.91 Å². The average molecular weight is 631 g/mol. The van der Waals surface area contributed by atoms with E-state index in [4.69, 9.17) is 19.2 Å². The van der Waals surface area contributed by atoms with Gasteiger partial charge in [0.1, 0.15) is 35.3 Å². The number of carbonyl (C=O) groups is 2. The Kier molecular flexibility index (Phi) is 9.14. The molecule has 3 aromatic rings. The van der Waals surface area contributed by atoms with Crippen LogP contribution in [0, 0.1) is 0 Å². The minimum Gasteiger partial charge on any atom is -0.458 e. The second-order valence-corrected chi connectivity index (χ2v) is 13.0. The van der Waals surface area contributed by atoms with Crippen molar-refractivity contribution in [3.8, 4) is 11.5 Å². The molecule has 0 aliphatic carbocycles. The van der Waals surface area contributed by atoms with Crippen molar-refractivity contribution in [2.45, 2.75) is 77.5 Å². The van der Waals surface area contributed by atoms with Gasteiger partial charge in [0.05, 0.1) is 0 Å². The van der Waals surface area contributed by atoms with Crippen LogP contribution in [0.25, 0.3) is 0 Å². The van der Waals surface area contributed by atoms with Crippen LogP contribution in [0.15, 0.2) is 43.0 Å². The van der Waals surface area contributed by atoms with Crippen molar-refractivity contribution in [1.29, 1.82) is 0 Å². The number of carbonyl (C=O) groups excluding carboxylic acids is 2. The van der Waals surface area contributed by atoms with Gasteiger partial charge in [-0.25, -0.2) is 19.3 Å². The molecule has 3 aliphatic heterocycles. The molecule has 5 heterocycles. The lowest BCUT2D eigenvalue weighted by Crippen LogP contribution is -2.48. The van der Waals surface area contributed by atoms with Crippen LogP contribution in [0.3, 0.4) is 0 Å². The molecule has 46 heavy (non-hydrogen) atoms. The number of rotatable bonds is 9. The van der Waals surface area contributed by atoms with Crippen molar-refractivity contribution in [3.63, 3.8) is 0 Å². The highest BCUT2D eigenvalue weighted by molar-refractivity contribution is 5.97. The molecule has 1 amide bonds. The molecule has 3 aliphatic rings. The SMILES string of the molecule is CCc1c(NC[C@H](NC(=O)c2ccc3c(c2)OCO3)C(=O)OC(C)(C)C)ncnc1N1CCC([n+]2ccc3c(c2)NCCC3)CC1. The smallest absolute Gasteiger partial charge is 0.331 e. The maximum Gasteiger partial charge on any atom is 0.331 e. The molecule has 12 heteroatoms. The number of aryl methyl sites for hydroxylation is 1. The zero-order valence-corrected chi connectivity index (χ0v) is 27.1. The number of amides is 1. The normalized spacial score (nSPS) is 16.7. The number of anilines is 3. The summed E-state index contributed by atoms with van der Waals surface area (Å²) in [5.41, 5.74) is 3.25. The number of aromatic nitrogens is 3. The van der Waals surface area contributed by atoms with Crippen molar-refractivity contribution in [1.82, 2.24) is 15.3 Å². The third-order valence-corrected chi connectivity index (χ3v) is 8.58. The van der Waals surface area contributed by atoms with E-state index < -0.39 is 23.5 Å². The van der Waals surface area contributed by atoms with E-state index in [2.05, 4.69) is 55.8 Å². The van der Waals surface area contributed by atoms with E-state index in [1.807, 2.05) is 0 Å². The van der Waals surface area contributed by atoms with Gasteiger partial charge >= 0.3 is 5.97 Å². The van der Waals surface area contributed by atoms with Gasteiger partial charge in [0, 0.05) is 56.2 Å². The number of nitrogens with one attached hydrogen (secondary N) is 3.